The summed E-state index contributed by atoms with van der Waals surface area (Å²) in [6.07, 6.45) is 1.61. The molecule has 0 unspecified atom stereocenters. The van der Waals surface area contributed by atoms with Crippen molar-refractivity contribution in [1.29, 1.82) is 0 Å². The summed E-state index contributed by atoms with van der Waals surface area (Å²) < 4.78 is 55.5. The second-order valence-corrected chi connectivity index (χ2v) is 11.5. The maximum absolute atomic E-state index is 13.7. The van der Waals surface area contributed by atoms with Crippen LogP contribution in [-0.4, -0.2) is 69.6 Å². The van der Waals surface area contributed by atoms with Crippen molar-refractivity contribution in [3.63, 3.8) is 0 Å². The Bertz CT molecular complexity index is 1080. The van der Waals surface area contributed by atoms with Crippen LogP contribution in [0.5, 0.6) is 11.5 Å². The molecular formula is C23H27Cl2FN2O5S. The Morgan fingerprint density at radius 3 is 2.38 bits per heavy atom. The smallest absolute Gasteiger partial charge is 0.198 e. The average molecular weight is 533 g/mol. The minimum absolute atomic E-state index is 0.0453. The summed E-state index contributed by atoms with van der Waals surface area (Å²) in [5.41, 5.74) is -0.556. The molecule has 2 heterocycles. The van der Waals surface area contributed by atoms with Crippen molar-refractivity contribution in [3.05, 3.63) is 58.3 Å². The van der Waals surface area contributed by atoms with Gasteiger partial charge in [-0.3, -0.25) is 4.90 Å². The van der Waals surface area contributed by atoms with Gasteiger partial charge in [0.05, 0.1) is 18.2 Å². The number of benzene rings is 2. The molecular weight excluding hydrogens is 506 g/mol. The van der Waals surface area contributed by atoms with Crippen LogP contribution in [0.4, 0.5) is 4.39 Å². The number of hydrogen-bond acceptors (Lipinski definition) is 7. The first-order valence-corrected chi connectivity index (χ1v) is 13.6. The van der Waals surface area contributed by atoms with Gasteiger partial charge in [0.2, 0.25) is 0 Å². The molecule has 7 nitrogen and oxygen atoms in total. The van der Waals surface area contributed by atoms with E-state index in [1.165, 1.54) is 12.1 Å². The van der Waals surface area contributed by atoms with Gasteiger partial charge in [0.15, 0.2) is 21.4 Å². The van der Waals surface area contributed by atoms with Gasteiger partial charge in [-0.05, 0) is 49.2 Å². The number of nitrogens with zero attached hydrogens (tertiary/aromatic N) is 1. The Labute approximate surface area is 209 Å². The molecule has 0 radical (unpaired) electrons. The van der Waals surface area contributed by atoms with Crippen LogP contribution in [0.1, 0.15) is 12.8 Å². The lowest BCUT2D eigenvalue weighted by molar-refractivity contribution is -0.159. The van der Waals surface area contributed by atoms with Gasteiger partial charge in [-0.25, -0.2) is 12.8 Å². The van der Waals surface area contributed by atoms with Gasteiger partial charge in [0.25, 0.3) is 0 Å². The van der Waals surface area contributed by atoms with E-state index in [0.717, 1.165) is 12.8 Å². The van der Waals surface area contributed by atoms with Crippen molar-refractivity contribution < 1.29 is 27.0 Å². The Hall–Kier alpha value is -1.62. The molecule has 34 heavy (non-hydrogen) atoms. The van der Waals surface area contributed by atoms with E-state index in [2.05, 4.69) is 5.32 Å². The Morgan fingerprint density at radius 2 is 1.76 bits per heavy atom. The van der Waals surface area contributed by atoms with E-state index in [0.29, 0.717) is 49.4 Å². The van der Waals surface area contributed by atoms with Gasteiger partial charge in [-0.1, -0.05) is 23.2 Å². The molecule has 2 aromatic rings. The van der Waals surface area contributed by atoms with Gasteiger partial charge in [0, 0.05) is 36.8 Å². The third-order valence-corrected chi connectivity index (χ3v) is 7.65. The average Bonchev–Trinajstić information content (AvgIpc) is 2.78. The molecule has 0 spiro atoms. The first kappa shape index (κ1) is 25.5. The third-order valence-electron chi connectivity index (χ3n) is 5.85. The zero-order valence-corrected chi connectivity index (χ0v) is 20.8. The number of hydrogen-bond donors (Lipinski definition) is 1. The van der Waals surface area contributed by atoms with Crippen molar-refractivity contribution in [3.8, 4) is 11.5 Å². The van der Waals surface area contributed by atoms with E-state index in [4.69, 9.17) is 37.4 Å². The highest BCUT2D eigenvalue weighted by molar-refractivity contribution is 7.91. The maximum atomic E-state index is 13.7. The van der Waals surface area contributed by atoms with Crippen molar-refractivity contribution in [2.24, 2.45) is 0 Å². The fourth-order valence-corrected chi connectivity index (χ4v) is 5.37. The molecule has 0 bridgehead atoms. The Kier molecular flexibility index (Phi) is 8.22. The standard InChI is InChI=1S/C23H27Cl2FN2O5S/c24-17-1-3-19(4-2-17)32-16-34(29,30)15-28-9-7-18(8-10-28)27-12-23(13-31-14-23)33-20-5-6-21(25)22(26)11-20/h1-6,11,18,27H,7-10,12-16H2. The number of nitrogens with one attached hydrogen (secondary N) is 1. The number of piperidine rings is 1. The van der Waals surface area contributed by atoms with E-state index in [1.54, 1.807) is 30.3 Å². The van der Waals surface area contributed by atoms with Crippen LogP contribution in [0.2, 0.25) is 10.0 Å². The van der Waals surface area contributed by atoms with Crippen LogP contribution in [0.25, 0.3) is 0 Å². The fraction of sp³-hybridized carbons (Fsp3) is 0.478. The van der Waals surface area contributed by atoms with Gasteiger partial charge in [-0.15, -0.1) is 0 Å². The highest BCUT2D eigenvalue weighted by Crippen LogP contribution is 2.28. The molecule has 0 atom stereocenters. The van der Waals surface area contributed by atoms with Crippen molar-refractivity contribution in [1.82, 2.24) is 10.2 Å². The van der Waals surface area contributed by atoms with Crippen molar-refractivity contribution in [2.45, 2.75) is 24.5 Å². The van der Waals surface area contributed by atoms with E-state index in [9.17, 15) is 12.8 Å². The summed E-state index contributed by atoms with van der Waals surface area (Å²) >= 11 is 11.6. The highest BCUT2D eigenvalue weighted by atomic mass is 35.5. The fourth-order valence-electron chi connectivity index (χ4n) is 3.92. The summed E-state index contributed by atoms with van der Waals surface area (Å²) in [5, 5.41) is 4.12. The minimum Gasteiger partial charge on any atom is -0.481 e. The lowest BCUT2D eigenvalue weighted by atomic mass is 9.99. The van der Waals surface area contributed by atoms with Crippen molar-refractivity contribution >= 4 is 33.0 Å². The number of ether oxygens (including phenoxy) is 3. The van der Waals surface area contributed by atoms with Crippen LogP contribution in [0.3, 0.4) is 0 Å². The van der Waals surface area contributed by atoms with Crippen molar-refractivity contribution in [2.75, 3.05) is 44.7 Å². The minimum atomic E-state index is -3.40. The summed E-state index contributed by atoms with van der Waals surface area (Å²) in [6.45, 7) is 2.69. The highest BCUT2D eigenvalue weighted by Gasteiger charge is 2.41. The second kappa shape index (κ2) is 11.0. The van der Waals surface area contributed by atoms with E-state index in [-0.39, 0.29) is 22.9 Å². The van der Waals surface area contributed by atoms with Gasteiger partial charge < -0.3 is 19.5 Å². The first-order valence-electron chi connectivity index (χ1n) is 11.0. The molecule has 2 saturated heterocycles. The quantitative estimate of drug-likeness (QED) is 0.499. The number of likely N-dealkylation sites (tertiary alicyclic amines) is 1. The van der Waals surface area contributed by atoms with Crippen LogP contribution in [0.15, 0.2) is 42.5 Å². The molecule has 11 heteroatoms. The van der Waals surface area contributed by atoms with Gasteiger partial charge in [-0.2, -0.15) is 0 Å². The monoisotopic (exact) mass is 532 g/mol. The molecule has 2 aromatic carbocycles. The zero-order chi connectivity index (χ0) is 24.2. The third kappa shape index (κ3) is 6.96. The molecule has 4 rings (SSSR count). The van der Waals surface area contributed by atoms with E-state index < -0.39 is 21.3 Å². The Balaban J connectivity index is 1.20. The second-order valence-electron chi connectivity index (χ2n) is 8.72. The lowest BCUT2D eigenvalue weighted by Crippen LogP contribution is -2.62. The molecule has 0 aliphatic carbocycles. The topological polar surface area (TPSA) is 77.1 Å². The van der Waals surface area contributed by atoms with Crippen LogP contribution >= 0.6 is 23.2 Å². The van der Waals surface area contributed by atoms with Crippen LogP contribution in [0, 0.1) is 5.82 Å². The molecule has 0 aromatic heterocycles. The summed E-state index contributed by atoms with van der Waals surface area (Å²) in [7, 11) is -3.40. The predicted molar refractivity (Wildman–Crippen MR) is 129 cm³/mol. The lowest BCUT2D eigenvalue weighted by Gasteiger charge is -2.43. The predicted octanol–water partition coefficient (Wildman–Crippen LogP) is 3.74. The molecule has 0 saturated carbocycles. The molecule has 1 N–H and O–H groups in total. The largest absolute Gasteiger partial charge is 0.481 e. The van der Waals surface area contributed by atoms with Crippen LogP contribution < -0.4 is 14.8 Å². The molecule has 0 amide bonds. The first-order chi connectivity index (χ1) is 16.2. The summed E-state index contributed by atoms with van der Waals surface area (Å²) in [6, 6.07) is 11.2. The molecule has 186 valence electrons. The number of halogens is 3. The molecule has 2 aliphatic heterocycles. The van der Waals surface area contributed by atoms with Crippen LogP contribution in [-0.2, 0) is 14.6 Å². The normalized spacial score (nSPS) is 18.9. The zero-order valence-electron chi connectivity index (χ0n) is 18.5. The number of sulfone groups is 1. The Morgan fingerprint density at radius 1 is 1.09 bits per heavy atom. The van der Waals surface area contributed by atoms with E-state index >= 15 is 0 Å². The molecule has 2 aliphatic rings. The summed E-state index contributed by atoms with van der Waals surface area (Å²) in [4.78, 5) is 1.92. The molecule has 2 fully saturated rings. The van der Waals surface area contributed by atoms with E-state index in [1.807, 2.05) is 4.90 Å². The summed E-state index contributed by atoms with van der Waals surface area (Å²) in [5.74, 6) is -0.0709. The maximum Gasteiger partial charge on any atom is 0.198 e. The van der Waals surface area contributed by atoms with Gasteiger partial charge >= 0.3 is 0 Å². The number of rotatable bonds is 10. The SMILES string of the molecule is O=S(=O)(COc1ccc(Cl)cc1)CN1CCC(NCC2(Oc3ccc(Cl)c(F)c3)COC2)CC1. The van der Waals surface area contributed by atoms with Gasteiger partial charge in [0.1, 0.15) is 23.2 Å².